The zero-order valence-corrected chi connectivity index (χ0v) is 16.7. The van der Waals surface area contributed by atoms with E-state index in [4.69, 9.17) is 9.47 Å². The number of methoxy groups -OCH3 is 1. The van der Waals surface area contributed by atoms with Crippen LogP contribution in [0.2, 0.25) is 0 Å². The summed E-state index contributed by atoms with van der Waals surface area (Å²) in [7, 11) is 1.60. The molecule has 1 aliphatic heterocycles. The van der Waals surface area contributed by atoms with Crippen LogP contribution in [0.3, 0.4) is 0 Å². The Balaban J connectivity index is 1.48. The molecule has 0 radical (unpaired) electrons. The molecule has 3 aromatic rings. The van der Waals surface area contributed by atoms with Gasteiger partial charge in [-0.2, -0.15) is 0 Å². The number of rotatable bonds is 6. The van der Waals surface area contributed by atoms with E-state index in [1.807, 2.05) is 36.4 Å². The molecule has 3 heterocycles. The van der Waals surface area contributed by atoms with E-state index >= 15 is 0 Å². The van der Waals surface area contributed by atoms with Crippen molar-refractivity contribution in [2.45, 2.75) is 0 Å². The van der Waals surface area contributed by atoms with Gasteiger partial charge in [-0.15, -0.1) is 0 Å². The lowest BCUT2D eigenvalue weighted by atomic mass is 10.2. The van der Waals surface area contributed by atoms with Gasteiger partial charge in [-0.05, 0) is 36.4 Å². The maximum atomic E-state index is 12.9. The molecular weight excluding hydrogens is 382 g/mol. The molecule has 0 spiro atoms. The third-order valence-electron chi connectivity index (χ3n) is 4.75. The first kappa shape index (κ1) is 19.7. The first-order chi connectivity index (χ1) is 14.7. The van der Waals surface area contributed by atoms with Crippen LogP contribution in [-0.4, -0.2) is 49.3 Å². The second-order valence-corrected chi connectivity index (χ2v) is 6.68. The van der Waals surface area contributed by atoms with Gasteiger partial charge in [0.25, 0.3) is 5.91 Å². The molecule has 1 amide bonds. The topological polar surface area (TPSA) is 88.6 Å². The Labute approximate surface area is 174 Å². The minimum Gasteiger partial charge on any atom is -0.495 e. The first-order valence-corrected chi connectivity index (χ1v) is 9.70. The van der Waals surface area contributed by atoms with E-state index in [0.29, 0.717) is 36.0 Å². The molecule has 4 rings (SSSR count). The Morgan fingerprint density at radius 1 is 1.07 bits per heavy atom. The Morgan fingerprint density at radius 3 is 2.67 bits per heavy atom. The van der Waals surface area contributed by atoms with Crippen molar-refractivity contribution in [2.75, 3.05) is 48.9 Å². The van der Waals surface area contributed by atoms with Crippen LogP contribution in [0.5, 0.6) is 5.75 Å². The molecule has 2 aromatic heterocycles. The van der Waals surface area contributed by atoms with E-state index in [0.717, 1.165) is 24.6 Å². The Hall–Kier alpha value is -3.65. The number of amides is 1. The van der Waals surface area contributed by atoms with Crippen LogP contribution in [0.4, 0.5) is 23.0 Å². The fourth-order valence-electron chi connectivity index (χ4n) is 3.20. The number of benzene rings is 1. The molecular formula is C22H23N5O3. The Morgan fingerprint density at radius 2 is 1.90 bits per heavy atom. The molecule has 154 valence electrons. The molecule has 0 saturated carbocycles. The highest BCUT2D eigenvalue weighted by Gasteiger charge is 2.16. The number of carbonyl (C=O) groups excluding carboxylic acids is 1. The smallest absolute Gasteiger partial charge is 0.259 e. The molecule has 1 aromatic carbocycles. The average molecular weight is 405 g/mol. The lowest BCUT2D eigenvalue weighted by molar-refractivity contribution is 0.102. The van der Waals surface area contributed by atoms with Crippen LogP contribution in [-0.2, 0) is 4.74 Å². The molecule has 8 nitrogen and oxygen atoms in total. The van der Waals surface area contributed by atoms with Crippen molar-refractivity contribution in [3.05, 3.63) is 66.5 Å². The highest BCUT2D eigenvalue weighted by atomic mass is 16.5. The molecule has 1 saturated heterocycles. The van der Waals surface area contributed by atoms with E-state index in [-0.39, 0.29) is 5.91 Å². The van der Waals surface area contributed by atoms with Crippen molar-refractivity contribution in [2.24, 2.45) is 0 Å². The van der Waals surface area contributed by atoms with Crippen LogP contribution >= 0.6 is 0 Å². The highest BCUT2D eigenvalue weighted by molar-refractivity contribution is 6.07. The van der Waals surface area contributed by atoms with Gasteiger partial charge in [-0.1, -0.05) is 12.1 Å². The van der Waals surface area contributed by atoms with Gasteiger partial charge in [0.05, 0.1) is 43.5 Å². The number of hydrogen-bond acceptors (Lipinski definition) is 7. The number of morpholine rings is 1. The monoisotopic (exact) mass is 405 g/mol. The average Bonchev–Trinajstić information content (AvgIpc) is 2.81. The van der Waals surface area contributed by atoms with Gasteiger partial charge in [0, 0.05) is 19.3 Å². The van der Waals surface area contributed by atoms with Crippen LogP contribution < -0.4 is 20.3 Å². The predicted molar refractivity (Wildman–Crippen MR) is 116 cm³/mol. The fraction of sp³-hybridized carbons (Fsp3) is 0.227. The summed E-state index contributed by atoms with van der Waals surface area (Å²) in [5, 5.41) is 6.07. The van der Waals surface area contributed by atoms with Crippen molar-refractivity contribution in [1.82, 2.24) is 9.97 Å². The third kappa shape index (κ3) is 4.49. The van der Waals surface area contributed by atoms with E-state index in [1.165, 1.54) is 0 Å². The molecule has 0 aliphatic carbocycles. The molecule has 30 heavy (non-hydrogen) atoms. The van der Waals surface area contributed by atoms with Crippen LogP contribution in [0.15, 0.2) is 60.9 Å². The van der Waals surface area contributed by atoms with Crippen molar-refractivity contribution >= 4 is 28.9 Å². The number of carbonyl (C=O) groups is 1. The Bertz CT molecular complexity index is 1000. The zero-order chi connectivity index (χ0) is 20.8. The van der Waals surface area contributed by atoms with Gasteiger partial charge in [-0.25, -0.2) is 9.97 Å². The largest absolute Gasteiger partial charge is 0.495 e. The summed E-state index contributed by atoms with van der Waals surface area (Å²) in [6.45, 7) is 3.02. The van der Waals surface area contributed by atoms with Crippen molar-refractivity contribution in [3.8, 4) is 5.75 Å². The van der Waals surface area contributed by atoms with Gasteiger partial charge in [0.1, 0.15) is 17.4 Å². The van der Waals surface area contributed by atoms with E-state index in [1.54, 1.807) is 31.6 Å². The third-order valence-corrected chi connectivity index (χ3v) is 4.75. The maximum Gasteiger partial charge on any atom is 0.259 e. The Kier molecular flexibility index (Phi) is 6.05. The van der Waals surface area contributed by atoms with Crippen LogP contribution in [0.1, 0.15) is 10.4 Å². The fourth-order valence-corrected chi connectivity index (χ4v) is 3.20. The van der Waals surface area contributed by atoms with E-state index in [2.05, 4.69) is 25.5 Å². The zero-order valence-electron chi connectivity index (χ0n) is 16.7. The quantitative estimate of drug-likeness (QED) is 0.650. The normalized spacial score (nSPS) is 13.6. The summed E-state index contributed by atoms with van der Waals surface area (Å²) >= 11 is 0. The SMILES string of the molecule is COc1ccccc1Nc1ncccc1C(=O)Nc1ccc(N2CCOCC2)nc1. The maximum absolute atomic E-state index is 12.9. The molecule has 0 atom stereocenters. The summed E-state index contributed by atoms with van der Waals surface area (Å²) < 4.78 is 10.7. The van der Waals surface area contributed by atoms with Gasteiger partial charge in [-0.3, -0.25) is 4.79 Å². The molecule has 1 aliphatic rings. The number of pyridine rings is 2. The number of ether oxygens (including phenoxy) is 2. The summed E-state index contributed by atoms with van der Waals surface area (Å²) in [6.07, 6.45) is 3.29. The van der Waals surface area contributed by atoms with E-state index in [9.17, 15) is 4.79 Å². The number of para-hydroxylation sites is 2. The standard InChI is InChI=1S/C22H23N5O3/c1-29-19-7-3-2-6-18(19)26-21-17(5-4-10-23-21)22(28)25-16-8-9-20(24-15-16)27-11-13-30-14-12-27/h2-10,15H,11-14H2,1H3,(H,23,26)(H,25,28). The summed E-state index contributed by atoms with van der Waals surface area (Å²) in [5.74, 6) is 1.70. The predicted octanol–water partition coefficient (Wildman–Crippen LogP) is 3.32. The van der Waals surface area contributed by atoms with E-state index < -0.39 is 0 Å². The first-order valence-electron chi connectivity index (χ1n) is 9.70. The minimum absolute atomic E-state index is 0.276. The van der Waals surface area contributed by atoms with Crippen molar-refractivity contribution in [3.63, 3.8) is 0 Å². The molecule has 1 fully saturated rings. The van der Waals surface area contributed by atoms with Crippen LogP contribution in [0.25, 0.3) is 0 Å². The van der Waals surface area contributed by atoms with Gasteiger partial charge in [0.15, 0.2) is 0 Å². The molecule has 8 heteroatoms. The second-order valence-electron chi connectivity index (χ2n) is 6.68. The lowest BCUT2D eigenvalue weighted by Crippen LogP contribution is -2.36. The summed E-state index contributed by atoms with van der Waals surface area (Å²) in [4.78, 5) is 23.8. The molecule has 2 N–H and O–H groups in total. The number of anilines is 4. The lowest BCUT2D eigenvalue weighted by Gasteiger charge is -2.27. The number of aromatic nitrogens is 2. The number of nitrogens with zero attached hydrogens (tertiary/aromatic N) is 3. The van der Waals surface area contributed by atoms with Crippen molar-refractivity contribution < 1.29 is 14.3 Å². The van der Waals surface area contributed by atoms with Crippen molar-refractivity contribution in [1.29, 1.82) is 0 Å². The minimum atomic E-state index is -0.276. The number of nitrogens with one attached hydrogen (secondary N) is 2. The molecule has 0 unspecified atom stereocenters. The van der Waals surface area contributed by atoms with Gasteiger partial charge in [0.2, 0.25) is 0 Å². The molecule has 0 bridgehead atoms. The summed E-state index contributed by atoms with van der Waals surface area (Å²) in [5.41, 5.74) is 1.76. The second kappa shape index (κ2) is 9.23. The van der Waals surface area contributed by atoms with Gasteiger partial charge < -0.3 is 25.0 Å². The summed E-state index contributed by atoms with van der Waals surface area (Å²) in [6, 6.07) is 14.7. The van der Waals surface area contributed by atoms with Crippen LogP contribution in [0, 0.1) is 0 Å². The van der Waals surface area contributed by atoms with Gasteiger partial charge >= 0.3 is 0 Å². The number of hydrogen-bond donors (Lipinski definition) is 2. The highest BCUT2D eigenvalue weighted by Crippen LogP contribution is 2.28.